The number of nitrogens with one attached hydrogen (secondary N) is 1. The summed E-state index contributed by atoms with van der Waals surface area (Å²) >= 11 is 0. The average molecular weight is 443 g/mol. The first-order chi connectivity index (χ1) is 13.9. The molecule has 0 bridgehead atoms. The van der Waals surface area contributed by atoms with E-state index in [1.54, 1.807) is 6.92 Å². The molecular weight excluding hydrogens is 429 g/mol. The van der Waals surface area contributed by atoms with Gasteiger partial charge in [0.15, 0.2) is 0 Å². The van der Waals surface area contributed by atoms with Crippen LogP contribution in [0.25, 0.3) is 0 Å². The Kier molecular flexibility index (Phi) is 5.71. The van der Waals surface area contributed by atoms with Crippen LogP contribution in [-0.2, 0) is 16.2 Å². The molecule has 3 aromatic rings. The summed E-state index contributed by atoms with van der Waals surface area (Å²) in [4.78, 5) is -0.344. The summed E-state index contributed by atoms with van der Waals surface area (Å²) in [6.07, 6.45) is -4.58. The predicted octanol–water partition coefficient (Wildman–Crippen LogP) is 5.89. The highest BCUT2D eigenvalue weighted by atomic mass is 32.2. The van der Waals surface area contributed by atoms with Crippen molar-refractivity contribution in [2.45, 2.75) is 18.0 Å². The maximum atomic E-state index is 13.3. The largest absolute Gasteiger partial charge is 0.457 e. The number of sulfonamides is 1. The van der Waals surface area contributed by atoms with E-state index in [4.69, 9.17) is 4.74 Å². The third kappa shape index (κ3) is 5.07. The number of alkyl halides is 3. The van der Waals surface area contributed by atoms with Crippen LogP contribution in [0.1, 0.15) is 11.1 Å². The van der Waals surface area contributed by atoms with Gasteiger partial charge in [0.05, 0.1) is 10.5 Å². The molecule has 0 aliphatic heterocycles. The first kappa shape index (κ1) is 21.6. The number of anilines is 1. The molecule has 0 saturated heterocycles. The minimum Gasteiger partial charge on any atom is -0.457 e. The molecule has 1 N–H and O–H groups in total. The van der Waals surface area contributed by atoms with E-state index in [0.29, 0.717) is 23.8 Å². The number of aryl methyl sites for hydroxylation is 1. The molecule has 0 heterocycles. The Hall–Kier alpha value is -3.14. The van der Waals surface area contributed by atoms with Gasteiger partial charge in [-0.15, -0.1) is 0 Å². The van der Waals surface area contributed by atoms with Gasteiger partial charge in [0.1, 0.15) is 23.1 Å². The second kappa shape index (κ2) is 7.94. The Labute approximate surface area is 169 Å². The molecular formula is C20H14F5NO3S. The lowest BCUT2D eigenvalue weighted by Gasteiger charge is -2.13. The highest BCUT2D eigenvalue weighted by Gasteiger charge is 2.30. The molecule has 10 heteroatoms. The van der Waals surface area contributed by atoms with Crippen molar-refractivity contribution in [1.82, 2.24) is 0 Å². The van der Waals surface area contributed by atoms with Gasteiger partial charge in [0.2, 0.25) is 0 Å². The van der Waals surface area contributed by atoms with Crippen molar-refractivity contribution in [3.8, 4) is 11.5 Å². The zero-order valence-corrected chi connectivity index (χ0v) is 16.1. The van der Waals surface area contributed by atoms with Crippen molar-refractivity contribution in [2.75, 3.05) is 4.72 Å². The summed E-state index contributed by atoms with van der Waals surface area (Å²) in [5, 5.41) is 0. The Balaban J connectivity index is 1.79. The van der Waals surface area contributed by atoms with Gasteiger partial charge in [0, 0.05) is 23.9 Å². The van der Waals surface area contributed by atoms with E-state index in [9.17, 15) is 30.4 Å². The lowest BCUT2D eigenvalue weighted by molar-refractivity contribution is -0.137. The van der Waals surface area contributed by atoms with Crippen LogP contribution in [0.3, 0.4) is 0 Å². The fraction of sp³-hybridized carbons (Fsp3) is 0.100. The summed E-state index contributed by atoms with van der Waals surface area (Å²) in [5.74, 6) is -1.47. The van der Waals surface area contributed by atoms with Crippen molar-refractivity contribution in [1.29, 1.82) is 0 Å². The standard InChI is InChI=1S/C20H14F5NO3S/c1-12-8-16(4-7-19(12)29-17-10-14(21)9-15(22)11-17)26-30(27,28)18-5-2-13(3-6-18)20(23,24)25/h2-11,26H,1H3. The molecule has 158 valence electrons. The number of ether oxygens (including phenoxy) is 1. The molecule has 0 aromatic heterocycles. The monoisotopic (exact) mass is 443 g/mol. The van der Waals surface area contributed by atoms with Crippen LogP contribution in [0.15, 0.2) is 65.6 Å². The molecule has 0 saturated carbocycles. The Morgan fingerprint density at radius 1 is 0.867 bits per heavy atom. The van der Waals surface area contributed by atoms with Crippen LogP contribution in [-0.4, -0.2) is 8.42 Å². The minimum atomic E-state index is -4.58. The van der Waals surface area contributed by atoms with Gasteiger partial charge >= 0.3 is 6.18 Å². The normalized spacial score (nSPS) is 11.9. The Bertz CT molecular complexity index is 1160. The highest BCUT2D eigenvalue weighted by molar-refractivity contribution is 7.92. The summed E-state index contributed by atoms with van der Waals surface area (Å²) < 4.78 is 96.9. The van der Waals surface area contributed by atoms with Gasteiger partial charge in [-0.3, -0.25) is 4.72 Å². The Morgan fingerprint density at radius 2 is 1.47 bits per heavy atom. The molecule has 0 radical (unpaired) electrons. The molecule has 0 unspecified atom stereocenters. The van der Waals surface area contributed by atoms with Crippen molar-refractivity contribution in [3.63, 3.8) is 0 Å². The van der Waals surface area contributed by atoms with Crippen molar-refractivity contribution in [2.24, 2.45) is 0 Å². The van der Waals surface area contributed by atoms with Crippen LogP contribution in [0.4, 0.5) is 27.6 Å². The molecule has 0 aliphatic carbocycles. The smallest absolute Gasteiger partial charge is 0.416 e. The lowest BCUT2D eigenvalue weighted by Crippen LogP contribution is -2.14. The molecule has 0 fully saturated rings. The third-order valence-corrected chi connectivity index (χ3v) is 5.38. The van der Waals surface area contributed by atoms with Gasteiger partial charge in [0.25, 0.3) is 10.0 Å². The van der Waals surface area contributed by atoms with E-state index in [-0.39, 0.29) is 22.1 Å². The van der Waals surface area contributed by atoms with E-state index in [2.05, 4.69) is 4.72 Å². The molecule has 0 amide bonds. The number of hydrogen-bond donors (Lipinski definition) is 1. The van der Waals surface area contributed by atoms with E-state index < -0.39 is 33.4 Å². The molecule has 3 aromatic carbocycles. The fourth-order valence-electron chi connectivity index (χ4n) is 2.58. The Morgan fingerprint density at radius 3 is 2.00 bits per heavy atom. The highest BCUT2D eigenvalue weighted by Crippen LogP contribution is 2.31. The van der Waals surface area contributed by atoms with Crippen LogP contribution in [0.5, 0.6) is 11.5 Å². The van der Waals surface area contributed by atoms with E-state index >= 15 is 0 Å². The first-order valence-corrected chi connectivity index (χ1v) is 9.87. The van der Waals surface area contributed by atoms with Gasteiger partial charge < -0.3 is 4.74 Å². The van der Waals surface area contributed by atoms with Crippen LogP contribution < -0.4 is 9.46 Å². The van der Waals surface area contributed by atoms with E-state index in [1.807, 2.05) is 0 Å². The zero-order chi connectivity index (χ0) is 22.1. The van der Waals surface area contributed by atoms with Crippen molar-refractivity contribution in [3.05, 3.63) is 83.4 Å². The zero-order valence-electron chi connectivity index (χ0n) is 15.3. The lowest BCUT2D eigenvalue weighted by atomic mass is 10.2. The summed E-state index contributed by atoms with van der Waals surface area (Å²) in [6.45, 7) is 1.58. The van der Waals surface area contributed by atoms with Gasteiger partial charge in [-0.1, -0.05) is 0 Å². The summed E-state index contributed by atoms with van der Waals surface area (Å²) in [5.41, 5.74) is -0.384. The number of hydrogen-bond acceptors (Lipinski definition) is 3. The number of rotatable bonds is 5. The minimum absolute atomic E-state index is 0.0753. The average Bonchev–Trinajstić information content (AvgIpc) is 2.62. The van der Waals surface area contributed by atoms with Gasteiger partial charge in [-0.25, -0.2) is 17.2 Å². The van der Waals surface area contributed by atoms with Crippen LogP contribution in [0.2, 0.25) is 0 Å². The maximum absolute atomic E-state index is 13.3. The SMILES string of the molecule is Cc1cc(NS(=O)(=O)c2ccc(C(F)(F)F)cc2)ccc1Oc1cc(F)cc(F)c1. The second-order valence-corrected chi connectivity index (χ2v) is 8.00. The molecule has 30 heavy (non-hydrogen) atoms. The molecule has 0 atom stereocenters. The van der Waals surface area contributed by atoms with Crippen LogP contribution >= 0.6 is 0 Å². The molecule has 3 rings (SSSR count). The molecule has 4 nitrogen and oxygen atoms in total. The summed E-state index contributed by atoms with van der Waals surface area (Å²) in [6, 6.07) is 9.88. The van der Waals surface area contributed by atoms with Gasteiger partial charge in [-0.05, 0) is 55.0 Å². The third-order valence-electron chi connectivity index (χ3n) is 3.98. The van der Waals surface area contributed by atoms with Crippen molar-refractivity contribution < 1.29 is 35.1 Å². The predicted molar refractivity (Wildman–Crippen MR) is 99.9 cm³/mol. The van der Waals surface area contributed by atoms with E-state index in [1.165, 1.54) is 18.2 Å². The van der Waals surface area contributed by atoms with Crippen molar-refractivity contribution >= 4 is 15.7 Å². The van der Waals surface area contributed by atoms with E-state index in [0.717, 1.165) is 24.3 Å². The first-order valence-electron chi connectivity index (χ1n) is 8.39. The molecule has 0 spiro atoms. The van der Waals surface area contributed by atoms with Gasteiger partial charge in [-0.2, -0.15) is 13.2 Å². The number of benzene rings is 3. The summed E-state index contributed by atoms with van der Waals surface area (Å²) in [7, 11) is -4.13. The van der Waals surface area contributed by atoms with Crippen LogP contribution in [0, 0.1) is 18.6 Å². The topological polar surface area (TPSA) is 55.4 Å². The fourth-order valence-corrected chi connectivity index (χ4v) is 3.63. The quantitative estimate of drug-likeness (QED) is 0.501. The number of halogens is 5. The second-order valence-electron chi connectivity index (χ2n) is 6.32. The maximum Gasteiger partial charge on any atom is 0.416 e. The molecule has 0 aliphatic rings.